The van der Waals surface area contributed by atoms with Gasteiger partial charge in [0.15, 0.2) is 0 Å². The van der Waals surface area contributed by atoms with Crippen molar-refractivity contribution in [1.82, 2.24) is 0 Å². The Morgan fingerprint density at radius 3 is 2.71 bits per heavy atom. The third kappa shape index (κ3) is 2.69. The molecule has 0 saturated carbocycles. The van der Waals surface area contributed by atoms with Gasteiger partial charge in [0.1, 0.15) is 11.3 Å². The van der Waals surface area contributed by atoms with Gasteiger partial charge in [0.25, 0.3) is 10.0 Å². The lowest BCUT2D eigenvalue weighted by Crippen LogP contribution is -2.12. The average molecular weight is 341 g/mol. The molecule has 5 heteroatoms. The first-order valence-corrected chi connectivity index (χ1v) is 9.63. The van der Waals surface area contributed by atoms with Crippen LogP contribution in [0.15, 0.2) is 57.8 Å². The molecule has 1 atom stereocenters. The van der Waals surface area contributed by atoms with Crippen LogP contribution < -0.4 is 4.72 Å². The number of hydrogen-bond acceptors (Lipinski definition) is 3. The minimum atomic E-state index is -3.58. The van der Waals surface area contributed by atoms with Gasteiger partial charge < -0.3 is 4.42 Å². The highest BCUT2D eigenvalue weighted by Gasteiger charge is 2.22. The van der Waals surface area contributed by atoms with Crippen LogP contribution >= 0.6 is 0 Å². The minimum Gasteiger partial charge on any atom is -0.461 e. The van der Waals surface area contributed by atoms with Crippen molar-refractivity contribution in [2.45, 2.75) is 31.1 Å². The Bertz CT molecular complexity index is 990. The molecule has 24 heavy (non-hydrogen) atoms. The molecular formula is C19H19NO3S. The summed E-state index contributed by atoms with van der Waals surface area (Å²) in [4.78, 5) is 0.257. The van der Waals surface area contributed by atoms with E-state index in [9.17, 15) is 8.42 Å². The van der Waals surface area contributed by atoms with E-state index in [0.717, 1.165) is 36.0 Å². The van der Waals surface area contributed by atoms with Crippen LogP contribution in [0.25, 0.3) is 11.0 Å². The number of furan rings is 1. The highest BCUT2D eigenvalue weighted by atomic mass is 32.2. The Morgan fingerprint density at radius 1 is 1.12 bits per heavy atom. The van der Waals surface area contributed by atoms with E-state index in [4.69, 9.17) is 4.42 Å². The van der Waals surface area contributed by atoms with E-state index in [1.54, 1.807) is 36.4 Å². The summed E-state index contributed by atoms with van der Waals surface area (Å²) in [6.45, 7) is 2.24. The smallest absolute Gasteiger partial charge is 0.261 e. The summed E-state index contributed by atoms with van der Waals surface area (Å²) >= 11 is 0. The number of rotatable bonds is 3. The van der Waals surface area contributed by atoms with Gasteiger partial charge in [0.05, 0.1) is 4.90 Å². The van der Waals surface area contributed by atoms with Gasteiger partial charge in [-0.1, -0.05) is 25.1 Å². The molecule has 1 aliphatic carbocycles. The Balaban J connectivity index is 1.72. The van der Waals surface area contributed by atoms with Crippen LogP contribution in [0.1, 0.15) is 24.7 Å². The predicted molar refractivity (Wildman–Crippen MR) is 94.7 cm³/mol. The first kappa shape index (κ1) is 15.3. The molecule has 0 aliphatic heterocycles. The first-order valence-electron chi connectivity index (χ1n) is 8.15. The van der Waals surface area contributed by atoms with E-state index in [-0.39, 0.29) is 4.90 Å². The summed E-state index contributed by atoms with van der Waals surface area (Å²) in [7, 11) is -3.58. The van der Waals surface area contributed by atoms with Gasteiger partial charge in [-0.05, 0) is 49.1 Å². The van der Waals surface area contributed by atoms with E-state index in [0.29, 0.717) is 11.6 Å². The van der Waals surface area contributed by atoms with Crippen LogP contribution in [-0.4, -0.2) is 8.42 Å². The fourth-order valence-electron chi connectivity index (χ4n) is 3.33. The molecule has 2 aromatic carbocycles. The number of anilines is 1. The molecule has 0 saturated heterocycles. The molecular weight excluding hydrogens is 322 g/mol. The maximum Gasteiger partial charge on any atom is 0.261 e. The second kappa shape index (κ2) is 5.67. The highest BCUT2D eigenvalue weighted by molar-refractivity contribution is 7.92. The lowest BCUT2D eigenvalue weighted by molar-refractivity contribution is 0.438. The zero-order chi connectivity index (χ0) is 16.7. The maximum absolute atomic E-state index is 12.5. The largest absolute Gasteiger partial charge is 0.461 e. The van der Waals surface area contributed by atoms with Crippen molar-refractivity contribution in [1.29, 1.82) is 0 Å². The molecule has 0 bridgehead atoms. The van der Waals surface area contributed by atoms with Crippen LogP contribution in [0.5, 0.6) is 0 Å². The van der Waals surface area contributed by atoms with Crippen LogP contribution in [0, 0.1) is 5.92 Å². The Morgan fingerprint density at radius 2 is 1.92 bits per heavy atom. The van der Waals surface area contributed by atoms with E-state index in [2.05, 4.69) is 11.6 Å². The number of fused-ring (bicyclic) bond motifs is 3. The second-order valence-corrected chi connectivity index (χ2v) is 8.16. The number of nitrogens with one attached hydrogen (secondary N) is 1. The zero-order valence-electron chi connectivity index (χ0n) is 13.5. The quantitative estimate of drug-likeness (QED) is 0.770. The molecule has 0 unspecified atom stereocenters. The van der Waals surface area contributed by atoms with E-state index in [1.807, 2.05) is 12.1 Å². The SMILES string of the molecule is C[C@H]1CCc2oc3ccc(NS(=O)(=O)c4ccccc4)cc3c2C1. The van der Waals surface area contributed by atoms with Gasteiger partial charge >= 0.3 is 0 Å². The molecule has 0 fully saturated rings. The number of aryl methyl sites for hydroxylation is 1. The monoisotopic (exact) mass is 341 g/mol. The molecule has 0 amide bonds. The molecule has 4 rings (SSSR count). The van der Waals surface area contributed by atoms with Crippen LogP contribution in [0.3, 0.4) is 0 Å². The van der Waals surface area contributed by atoms with Gasteiger partial charge in [-0.25, -0.2) is 8.42 Å². The van der Waals surface area contributed by atoms with Gasteiger partial charge in [-0.15, -0.1) is 0 Å². The molecule has 1 aromatic heterocycles. The molecule has 1 aliphatic rings. The van der Waals surface area contributed by atoms with Crippen LogP contribution in [0.4, 0.5) is 5.69 Å². The number of sulfonamides is 1. The molecule has 0 spiro atoms. The topological polar surface area (TPSA) is 59.3 Å². The Labute approximate surface area is 141 Å². The predicted octanol–water partition coefficient (Wildman–Crippen LogP) is 4.36. The summed E-state index contributed by atoms with van der Waals surface area (Å²) in [5.74, 6) is 1.68. The van der Waals surface area contributed by atoms with E-state index >= 15 is 0 Å². The Hall–Kier alpha value is -2.27. The highest BCUT2D eigenvalue weighted by Crippen LogP contribution is 2.35. The van der Waals surface area contributed by atoms with Gasteiger partial charge in [0, 0.05) is 23.1 Å². The Kier molecular flexibility index (Phi) is 3.61. The summed E-state index contributed by atoms with van der Waals surface area (Å²) in [5, 5.41) is 1.02. The van der Waals surface area contributed by atoms with Crippen molar-refractivity contribution in [3.8, 4) is 0 Å². The van der Waals surface area contributed by atoms with Gasteiger partial charge in [-0.2, -0.15) is 0 Å². The first-order chi connectivity index (χ1) is 11.5. The summed E-state index contributed by atoms with van der Waals surface area (Å²) in [6.07, 6.45) is 3.08. The number of hydrogen-bond donors (Lipinski definition) is 1. The van der Waals surface area contributed by atoms with Crippen molar-refractivity contribution >= 4 is 26.7 Å². The van der Waals surface area contributed by atoms with Crippen molar-refractivity contribution < 1.29 is 12.8 Å². The van der Waals surface area contributed by atoms with E-state index in [1.165, 1.54) is 5.56 Å². The van der Waals surface area contributed by atoms with Crippen molar-refractivity contribution in [3.63, 3.8) is 0 Å². The summed E-state index contributed by atoms with van der Waals surface area (Å²) in [5.41, 5.74) is 2.62. The number of benzene rings is 2. The zero-order valence-corrected chi connectivity index (χ0v) is 14.3. The van der Waals surface area contributed by atoms with Gasteiger partial charge in [-0.3, -0.25) is 4.72 Å². The van der Waals surface area contributed by atoms with Crippen molar-refractivity contribution in [2.24, 2.45) is 5.92 Å². The average Bonchev–Trinajstić information content (AvgIpc) is 2.93. The third-order valence-electron chi connectivity index (χ3n) is 4.60. The fourth-order valence-corrected chi connectivity index (χ4v) is 4.40. The molecule has 4 nitrogen and oxygen atoms in total. The van der Waals surface area contributed by atoms with Crippen LogP contribution in [-0.2, 0) is 22.9 Å². The lowest BCUT2D eigenvalue weighted by Gasteiger charge is -2.16. The lowest BCUT2D eigenvalue weighted by atomic mass is 9.88. The second-order valence-electron chi connectivity index (χ2n) is 6.48. The maximum atomic E-state index is 12.5. The molecule has 3 aromatic rings. The minimum absolute atomic E-state index is 0.257. The fraction of sp³-hybridized carbons (Fsp3) is 0.263. The molecule has 1 heterocycles. The normalized spacial score (nSPS) is 17.6. The van der Waals surface area contributed by atoms with Crippen molar-refractivity contribution in [2.75, 3.05) is 4.72 Å². The summed E-state index contributed by atoms with van der Waals surface area (Å²) < 4.78 is 33.6. The molecule has 1 N–H and O–H groups in total. The molecule has 124 valence electrons. The summed E-state index contributed by atoms with van der Waals surface area (Å²) in [6, 6.07) is 13.9. The third-order valence-corrected chi connectivity index (χ3v) is 5.99. The molecule has 0 radical (unpaired) electrons. The standard InChI is InChI=1S/C19H19NO3S/c1-13-7-9-18-16(11-13)17-12-14(8-10-19(17)23-18)20-24(21,22)15-5-3-2-4-6-15/h2-6,8,10,12-13,20H,7,9,11H2,1H3/t13-/m0/s1. The van der Waals surface area contributed by atoms with Crippen molar-refractivity contribution in [3.05, 3.63) is 59.9 Å². The van der Waals surface area contributed by atoms with E-state index < -0.39 is 10.0 Å². The van der Waals surface area contributed by atoms with Crippen LogP contribution in [0.2, 0.25) is 0 Å². The van der Waals surface area contributed by atoms with Gasteiger partial charge in [0.2, 0.25) is 0 Å².